The van der Waals surface area contributed by atoms with Gasteiger partial charge in [-0.3, -0.25) is 10.1 Å². The molecule has 2 heterocycles. The van der Waals surface area contributed by atoms with E-state index >= 15 is 0 Å². The monoisotopic (exact) mass is 327 g/mol. The van der Waals surface area contributed by atoms with Gasteiger partial charge in [0, 0.05) is 10.4 Å². The van der Waals surface area contributed by atoms with Crippen LogP contribution in [0.2, 0.25) is 0 Å². The molecule has 0 unspecified atom stereocenters. The van der Waals surface area contributed by atoms with Crippen molar-refractivity contribution in [3.05, 3.63) is 58.6 Å². The molecule has 0 aliphatic rings. The summed E-state index contributed by atoms with van der Waals surface area (Å²) >= 11 is 1.51. The molecule has 0 atom stereocenters. The molecular formula is C16H17N5OS. The molecule has 3 aromatic rings. The van der Waals surface area contributed by atoms with Crippen LogP contribution < -0.4 is 5.32 Å². The van der Waals surface area contributed by atoms with Crippen LogP contribution in [0.5, 0.6) is 0 Å². The number of carbonyl (C=O) groups is 1. The van der Waals surface area contributed by atoms with Gasteiger partial charge in [-0.2, -0.15) is 5.10 Å². The molecule has 118 valence electrons. The normalized spacial score (nSPS) is 10.7. The molecule has 0 spiro atoms. The van der Waals surface area contributed by atoms with Crippen LogP contribution in [0.25, 0.3) is 0 Å². The molecule has 1 N–H and O–H groups in total. The zero-order valence-corrected chi connectivity index (χ0v) is 13.8. The Labute approximate surface area is 138 Å². The minimum absolute atomic E-state index is 0.145. The molecule has 0 aliphatic carbocycles. The van der Waals surface area contributed by atoms with Gasteiger partial charge in [0.2, 0.25) is 0 Å². The van der Waals surface area contributed by atoms with Crippen molar-refractivity contribution in [2.24, 2.45) is 0 Å². The summed E-state index contributed by atoms with van der Waals surface area (Å²) in [5.74, 6) is -0.145. The molecule has 1 aromatic carbocycles. The Balaban J connectivity index is 1.67. The van der Waals surface area contributed by atoms with Crippen LogP contribution in [0.4, 0.5) is 5.13 Å². The SMILES string of the molecule is CCc1nc(NC(=O)c2ccc(Cn3cncn3)cc2)sc1C. The summed E-state index contributed by atoms with van der Waals surface area (Å²) in [5, 5.41) is 7.57. The van der Waals surface area contributed by atoms with E-state index in [1.165, 1.54) is 17.7 Å². The van der Waals surface area contributed by atoms with E-state index in [9.17, 15) is 4.79 Å². The smallest absolute Gasteiger partial charge is 0.257 e. The highest BCUT2D eigenvalue weighted by Gasteiger charge is 2.11. The Bertz CT molecular complexity index is 793. The molecule has 0 saturated heterocycles. The van der Waals surface area contributed by atoms with Crippen LogP contribution >= 0.6 is 11.3 Å². The van der Waals surface area contributed by atoms with Gasteiger partial charge in [-0.15, -0.1) is 11.3 Å². The molecule has 1 amide bonds. The van der Waals surface area contributed by atoms with E-state index < -0.39 is 0 Å². The second-order valence-corrected chi connectivity index (χ2v) is 6.32. The van der Waals surface area contributed by atoms with Gasteiger partial charge < -0.3 is 0 Å². The molecule has 0 aliphatic heterocycles. The van der Waals surface area contributed by atoms with Crippen molar-refractivity contribution in [1.82, 2.24) is 19.7 Å². The topological polar surface area (TPSA) is 72.7 Å². The molecule has 6 nitrogen and oxygen atoms in total. The first-order valence-electron chi connectivity index (χ1n) is 7.34. The van der Waals surface area contributed by atoms with Crippen molar-refractivity contribution in [3.63, 3.8) is 0 Å². The Morgan fingerprint density at radius 3 is 2.70 bits per heavy atom. The lowest BCUT2D eigenvalue weighted by molar-refractivity contribution is 0.102. The van der Waals surface area contributed by atoms with E-state index in [4.69, 9.17) is 0 Å². The standard InChI is InChI=1S/C16H17N5OS/c1-3-14-11(2)23-16(19-14)20-15(22)13-6-4-12(5-7-13)8-21-10-17-9-18-21/h4-7,9-10H,3,8H2,1-2H3,(H,19,20,22). The van der Waals surface area contributed by atoms with Crippen molar-refractivity contribution in [2.75, 3.05) is 5.32 Å². The Morgan fingerprint density at radius 2 is 2.09 bits per heavy atom. The van der Waals surface area contributed by atoms with Gasteiger partial charge in [0.15, 0.2) is 5.13 Å². The molecule has 2 aromatic heterocycles. The third-order valence-corrected chi connectivity index (χ3v) is 4.40. The summed E-state index contributed by atoms with van der Waals surface area (Å²) < 4.78 is 1.74. The van der Waals surface area contributed by atoms with Gasteiger partial charge in [-0.25, -0.2) is 14.6 Å². The fourth-order valence-electron chi connectivity index (χ4n) is 2.24. The number of thiazole rings is 1. The van der Waals surface area contributed by atoms with Crippen molar-refractivity contribution in [3.8, 4) is 0 Å². The Kier molecular flexibility index (Phi) is 4.47. The quantitative estimate of drug-likeness (QED) is 0.782. The maximum Gasteiger partial charge on any atom is 0.257 e. The van der Waals surface area contributed by atoms with Gasteiger partial charge in [-0.1, -0.05) is 19.1 Å². The first-order chi connectivity index (χ1) is 11.2. The number of anilines is 1. The summed E-state index contributed by atoms with van der Waals surface area (Å²) in [6.07, 6.45) is 4.04. The molecule has 23 heavy (non-hydrogen) atoms. The van der Waals surface area contributed by atoms with Crippen LogP contribution in [-0.2, 0) is 13.0 Å². The highest BCUT2D eigenvalue weighted by molar-refractivity contribution is 7.15. The predicted molar refractivity (Wildman–Crippen MR) is 89.7 cm³/mol. The van der Waals surface area contributed by atoms with Crippen molar-refractivity contribution in [1.29, 1.82) is 0 Å². The summed E-state index contributed by atoms with van der Waals surface area (Å²) in [5.41, 5.74) is 2.71. The number of nitrogens with one attached hydrogen (secondary N) is 1. The van der Waals surface area contributed by atoms with E-state index in [0.29, 0.717) is 17.2 Å². The number of benzene rings is 1. The lowest BCUT2D eigenvalue weighted by atomic mass is 10.1. The minimum atomic E-state index is -0.145. The number of hydrogen-bond acceptors (Lipinski definition) is 5. The maximum atomic E-state index is 12.3. The number of aryl methyl sites for hydroxylation is 2. The van der Waals surface area contributed by atoms with E-state index in [2.05, 4.69) is 27.3 Å². The van der Waals surface area contributed by atoms with Crippen LogP contribution in [-0.4, -0.2) is 25.7 Å². The van der Waals surface area contributed by atoms with Gasteiger partial charge in [0.05, 0.1) is 12.2 Å². The Hall–Kier alpha value is -2.54. The van der Waals surface area contributed by atoms with Gasteiger partial charge >= 0.3 is 0 Å². The minimum Gasteiger partial charge on any atom is -0.298 e. The number of amides is 1. The average Bonchev–Trinajstić information content (AvgIpc) is 3.17. The largest absolute Gasteiger partial charge is 0.298 e. The third kappa shape index (κ3) is 3.62. The molecular weight excluding hydrogens is 310 g/mol. The molecule has 0 saturated carbocycles. The fourth-order valence-corrected chi connectivity index (χ4v) is 3.14. The van der Waals surface area contributed by atoms with Gasteiger partial charge in [0.1, 0.15) is 12.7 Å². The summed E-state index contributed by atoms with van der Waals surface area (Å²) in [6.45, 7) is 4.71. The van der Waals surface area contributed by atoms with E-state index in [0.717, 1.165) is 22.6 Å². The number of rotatable bonds is 5. The van der Waals surface area contributed by atoms with Crippen LogP contribution in [0, 0.1) is 6.92 Å². The van der Waals surface area contributed by atoms with Crippen molar-refractivity contribution < 1.29 is 4.79 Å². The summed E-state index contributed by atoms with van der Waals surface area (Å²) in [7, 11) is 0. The zero-order valence-electron chi connectivity index (χ0n) is 13.0. The molecule has 7 heteroatoms. The molecule has 0 radical (unpaired) electrons. The van der Waals surface area contributed by atoms with E-state index in [-0.39, 0.29) is 5.91 Å². The molecule has 3 rings (SSSR count). The lowest BCUT2D eigenvalue weighted by Crippen LogP contribution is -2.12. The highest BCUT2D eigenvalue weighted by atomic mass is 32.1. The maximum absolute atomic E-state index is 12.3. The highest BCUT2D eigenvalue weighted by Crippen LogP contribution is 2.22. The summed E-state index contributed by atoms with van der Waals surface area (Å²) in [6, 6.07) is 7.45. The first kappa shape index (κ1) is 15.4. The van der Waals surface area contributed by atoms with Crippen LogP contribution in [0.1, 0.15) is 33.4 Å². The number of hydrogen-bond donors (Lipinski definition) is 1. The van der Waals surface area contributed by atoms with Crippen LogP contribution in [0.3, 0.4) is 0 Å². The fraction of sp³-hybridized carbons (Fsp3) is 0.250. The Morgan fingerprint density at radius 1 is 1.30 bits per heavy atom. The third-order valence-electron chi connectivity index (χ3n) is 3.48. The van der Waals surface area contributed by atoms with E-state index in [1.807, 2.05) is 31.2 Å². The zero-order chi connectivity index (χ0) is 16.2. The van der Waals surface area contributed by atoms with Crippen molar-refractivity contribution in [2.45, 2.75) is 26.8 Å². The van der Waals surface area contributed by atoms with Crippen molar-refractivity contribution >= 4 is 22.4 Å². The van der Waals surface area contributed by atoms with Gasteiger partial charge in [0.25, 0.3) is 5.91 Å². The van der Waals surface area contributed by atoms with Gasteiger partial charge in [-0.05, 0) is 31.0 Å². The average molecular weight is 327 g/mol. The number of aromatic nitrogens is 4. The first-order valence-corrected chi connectivity index (χ1v) is 8.16. The second kappa shape index (κ2) is 6.70. The molecule has 0 fully saturated rings. The van der Waals surface area contributed by atoms with E-state index in [1.54, 1.807) is 11.0 Å². The molecule has 0 bridgehead atoms. The summed E-state index contributed by atoms with van der Waals surface area (Å²) in [4.78, 5) is 21.8. The second-order valence-electron chi connectivity index (χ2n) is 5.12. The predicted octanol–water partition coefficient (Wildman–Crippen LogP) is 2.91. The number of nitrogens with zero attached hydrogens (tertiary/aromatic N) is 4. The number of carbonyl (C=O) groups excluding carboxylic acids is 1. The lowest BCUT2D eigenvalue weighted by Gasteiger charge is -2.04. The van der Waals surface area contributed by atoms with Crippen LogP contribution in [0.15, 0.2) is 36.9 Å².